The molecule has 1 aromatic carbocycles. The molecule has 0 aliphatic carbocycles. The van der Waals surface area contributed by atoms with Gasteiger partial charge in [0.2, 0.25) is 0 Å². The van der Waals surface area contributed by atoms with Gasteiger partial charge in [-0.05, 0) is 31.0 Å². The number of benzene rings is 1. The fourth-order valence-corrected chi connectivity index (χ4v) is 1.78. The number of nitrogens with two attached hydrogens (primary N) is 1. The van der Waals surface area contributed by atoms with Crippen LogP contribution in [-0.2, 0) is 6.18 Å². The topological polar surface area (TPSA) is 26.0 Å². The minimum atomic E-state index is -4.44. The summed E-state index contributed by atoms with van der Waals surface area (Å²) in [6.45, 7) is 5.52. The van der Waals surface area contributed by atoms with Crippen LogP contribution in [0.15, 0.2) is 30.4 Å². The summed E-state index contributed by atoms with van der Waals surface area (Å²) in [5.41, 5.74) is 6.43. The maximum absolute atomic E-state index is 12.5. The van der Waals surface area contributed by atoms with E-state index in [9.17, 15) is 13.2 Å². The van der Waals surface area contributed by atoms with Gasteiger partial charge in [-0.25, -0.2) is 0 Å². The van der Waals surface area contributed by atoms with Gasteiger partial charge in [0.15, 0.2) is 0 Å². The molecule has 102 valence electrons. The zero-order chi connectivity index (χ0) is 13.2. The van der Waals surface area contributed by atoms with Gasteiger partial charge in [0.1, 0.15) is 0 Å². The molecule has 1 nitrogen and oxygen atoms in total. The van der Waals surface area contributed by atoms with Crippen molar-refractivity contribution in [2.45, 2.75) is 25.6 Å². The molecule has 2 N–H and O–H groups in total. The molecular formula is C12H14Cl2F3N. The molecule has 6 heteroatoms. The van der Waals surface area contributed by atoms with Crippen LogP contribution in [0.4, 0.5) is 13.2 Å². The Balaban J connectivity index is 0.00000289. The molecule has 0 saturated heterocycles. The predicted octanol–water partition coefficient (Wildman–Crippen LogP) is 4.75. The second-order valence-electron chi connectivity index (χ2n) is 4.00. The van der Waals surface area contributed by atoms with E-state index in [4.69, 9.17) is 17.3 Å². The van der Waals surface area contributed by atoms with Gasteiger partial charge in [0.05, 0.1) is 10.6 Å². The largest absolute Gasteiger partial charge is 0.417 e. The first kappa shape index (κ1) is 17.3. The zero-order valence-corrected chi connectivity index (χ0v) is 11.3. The lowest BCUT2D eigenvalue weighted by atomic mass is 10.00. The molecule has 0 fully saturated rings. The molecule has 0 spiro atoms. The monoisotopic (exact) mass is 299 g/mol. The molecule has 1 aromatic rings. The summed E-state index contributed by atoms with van der Waals surface area (Å²) in [6.07, 6.45) is -3.92. The Labute approximate surface area is 115 Å². The standard InChI is InChI=1S/C12H13ClF3N.ClH/c1-7(2)5-11(17)8-3-4-9(10(13)6-8)12(14,15)16;/h3-4,6,11H,1,5,17H2,2H3;1H/t11-;/m1./s1. The Morgan fingerprint density at radius 1 is 1.44 bits per heavy atom. The summed E-state index contributed by atoms with van der Waals surface area (Å²) in [6, 6.07) is 3.18. The molecular weight excluding hydrogens is 286 g/mol. The van der Waals surface area contributed by atoms with E-state index in [1.807, 2.05) is 6.92 Å². The van der Waals surface area contributed by atoms with Crippen molar-refractivity contribution in [3.8, 4) is 0 Å². The molecule has 0 saturated carbocycles. The third-order valence-corrected chi connectivity index (χ3v) is 2.61. The van der Waals surface area contributed by atoms with E-state index in [0.29, 0.717) is 12.0 Å². The third-order valence-electron chi connectivity index (χ3n) is 2.30. The van der Waals surface area contributed by atoms with Crippen LogP contribution >= 0.6 is 24.0 Å². The Bertz CT molecular complexity index is 430. The van der Waals surface area contributed by atoms with Gasteiger partial charge in [-0.2, -0.15) is 13.2 Å². The molecule has 0 aromatic heterocycles. The average Bonchev–Trinajstić information content (AvgIpc) is 2.14. The van der Waals surface area contributed by atoms with Crippen LogP contribution in [0.5, 0.6) is 0 Å². The van der Waals surface area contributed by atoms with Crippen LogP contribution in [0.2, 0.25) is 5.02 Å². The summed E-state index contributed by atoms with van der Waals surface area (Å²) in [5.74, 6) is 0. The Morgan fingerprint density at radius 2 is 2.00 bits per heavy atom. The minimum absolute atomic E-state index is 0. The molecule has 1 atom stereocenters. The van der Waals surface area contributed by atoms with Crippen molar-refractivity contribution in [3.63, 3.8) is 0 Å². The lowest BCUT2D eigenvalue weighted by Crippen LogP contribution is -2.12. The van der Waals surface area contributed by atoms with Gasteiger partial charge in [-0.1, -0.05) is 23.2 Å². The van der Waals surface area contributed by atoms with E-state index < -0.39 is 11.7 Å². The summed E-state index contributed by atoms with van der Waals surface area (Å²) in [7, 11) is 0. The van der Waals surface area contributed by atoms with Crippen LogP contribution in [-0.4, -0.2) is 0 Å². The van der Waals surface area contributed by atoms with Crippen molar-refractivity contribution >= 4 is 24.0 Å². The number of alkyl halides is 3. The van der Waals surface area contributed by atoms with Gasteiger partial charge in [-0.15, -0.1) is 19.0 Å². The van der Waals surface area contributed by atoms with Crippen molar-refractivity contribution < 1.29 is 13.2 Å². The number of rotatable bonds is 3. The number of hydrogen-bond donors (Lipinski definition) is 1. The lowest BCUT2D eigenvalue weighted by Gasteiger charge is -2.15. The van der Waals surface area contributed by atoms with E-state index >= 15 is 0 Å². The maximum Gasteiger partial charge on any atom is 0.417 e. The predicted molar refractivity (Wildman–Crippen MR) is 70.1 cm³/mol. The van der Waals surface area contributed by atoms with Gasteiger partial charge >= 0.3 is 6.18 Å². The molecule has 0 unspecified atom stereocenters. The first-order valence-corrected chi connectivity index (χ1v) is 5.36. The van der Waals surface area contributed by atoms with Crippen molar-refractivity contribution in [1.29, 1.82) is 0 Å². The Morgan fingerprint density at radius 3 is 2.39 bits per heavy atom. The molecule has 1 rings (SSSR count). The SMILES string of the molecule is C=C(C)C[C@@H](N)c1ccc(C(F)(F)F)c(Cl)c1.Cl. The molecule has 0 aliphatic rings. The van der Waals surface area contributed by atoms with Gasteiger partial charge < -0.3 is 5.73 Å². The van der Waals surface area contributed by atoms with Crippen LogP contribution < -0.4 is 5.73 Å². The number of halogens is 5. The third kappa shape index (κ3) is 4.52. The quantitative estimate of drug-likeness (QED) is 0.801. The molecule has 0 bridgehead atoms. The van der Waals surface area contributed by atoms with Crippen molar-refractivity contribution in [1.82, 2.24) is 0 Å². The zero-order valence-electron chi connectivity index (χ0n) is 9.72. The Kier molecular flexibility index (Phi) is 6.20. The summed E-state index contributed by atoms with van der Waals surface area (Å²) >= 11 is 5.60. The molecule has 0 heterocycles. The highest BCUT2D eigenvalue weighted by atomic mass is 35.5. The van der Waals surface area contributed by atoms with Gasteiger partial charge in [0, 0.05) is 6.04 Å². The van der Waals surface area contributed by atoms with Crippen molar-refractivity contribution in [2.75, 3.05) is 0 Å². The first-order chi connectivity index (χ1) is 7.71. The fourth-order valence-electron chi connectivity index (χ4n) is 1.49. The van der Waals surface area contributed by atoms with Crippen LogP contribution in [0.3, 0.4) is 0 Å². The Hall–Kier alpha value is -0.710. The second-order valence-corrected chi connectivity index (χ2v) is 4.41. The van der Waals surface area contributed by atoms with Gasteiger partial charge in [0.25, 0.3) is 0 Å². The second kappa shape index (κ2) is 6.45. The highest BCUT2D eigenvalue weighted by Crippen LogP contribution is 2.36. The molecule has 0 aliphatic heterocycles. The van der Waals surface area contributed by atoms with E-state index in [2.05, 4.69) is 6.58 Å². The molecule has 0 radical (unpaired) electrons. The van der Waals surface area contributed by atoms with Crippen LogP contribution in [0.25, 0.3) is 0 Å². The van der Waals surface area contributed by atoms with Crippen LogP contribution in [0, 0.1) is 0 Å². The highest BCUT2D eigenvalue weighted by molar-refractivity contribution is 6.31. The van der Waals surface area contributed by atoms with E-state index in [1.165, 1.54) is 12.1 Å². The maximum atomic E-state index is 12.5. The summed E-state index contributed by atoms with van der Waals surface area (Å²) in [4.78, 5) is 0. The van der Waals surface area contributed by atoms with Crippen molar-refractivity contribution in [2.24, 2.45) is 5.73 Å². The molecule has 18 heavy (non-hydrogen) atoms. The normalized spacial score (nSPS) is 12.8. The first-order valence-electron chi connectivity index (χ1n) is 4.98. The van der Waals surface area contributed by atoms with Crippen molar-refractivity contribution in [3.05, 3.63) is 46.5 Å². The van der Waals surface area contributed by atoms with E-state index in [0.717, 1.165) is 11.6 Å². The summed E-state index contributed by atoms with van der Waals surface area (Å²) in [5, 5.41) is -0.327. The minimum Gasteiger partial charge on any atom is -0.324 e. The summed E-state index contributed by atoms with van der Waals surface area (Å²) < 4.78 is 37.4. The lowest BCUT2D eigenvalue weighted by molar-refractivity contribution is -0.137. The van der Waals surface area contributed by atoms with E-state index in [-0.39, 0.29) is 23.5 Å². The molecule has 0 amide bonds. The highest BCUT2D eigenvalue weighted by Gasteiger charge is 2.33. The average molecular weight is 300 g/mol. The van der Waals surface area contributed by atoms with E-state index in [1.54, 1.807) is 0 Å². The van der Waals surface area contributed by atoms with Crippen LogP contribution in [0.1, 0.15) is 30.5 Å². The number of hydrogen-bond acceptors (Lipinski definition) is 1. The fraction of sp³-hybridized carbons (Fsp3) is 0.333. The van der Waals surface area contributed by atoms with Gasteiger partial charge in [-0.3, -0.25) is 0 Å². The smallest absolute Gasteiger partial charge is 0.324 e.